The molecule has 0 heterocycles. The average Bonchev–Trinajstić information content (AvgIpc) is 2.27. The van der Waals surface area contributed by atoms with Gasteiger partial charge in [0.25, 0.3) is 0 Å². The highest BCUT2D eigenvalue weighted by Gasteiger charge is 2.02. The summed E-state index contributed by atoms with van der Waals surface area (Å²) in [6.45, 7) is 6.38. The number of anilines is 1. The second-order valence-electron chi connectivity index (χ2n) is 4.37. The molecule has 0 saturated carbocycles. The van der Waals surface area contributed by atoms with Gasteiger partial charge in [0, 0.05) is 15.5 Å². The molecule has 2 rings (SSSR count). The molecule has 2 aromatic rings. The first-order valence-corrected chi connectivity index (χ1v) is 6.49. The molecule has 0 amide bonds. The first kappa shape index (κ1) is 12.1. The third-order valence-corrected chi connectivity index (χ3v) is 4.07. The summed E-state index contributed by atoms with van der Waals surface area (Å²) in [7, 11) is 0. The van der Waals surface area contributed by atoms with Crippen LogP contribution in [0.25, 0.3) is 0 Å². The third kappa shape index (κ3) is 2.83. The number of aryl methyl sites for hydroxylation is 3. The normalized spacial score (nSPS) is 10.5. The lowest BCUT2D eigenvalue weighted by Gasteiger charge is -2.08. The minimum absolute atomic E-state index is 0.826. The van der Waals surface area contributed by atoms with Crippen molar-refractivity contribution in [3.63, 3.8) is 0 Å². The zero-order valence-corrected chi connectivity index (χ0v) is 11.3. The Kier molecular flexibility index (Phi) is 3.43. The maximum atomic E-state index is 5.76. The van der Waals surface area contributed by atoms with E-state index in [1.54, 1.807) is 11.8 Å². The zero-order chi connectivity index (χ0) is 12.4. The molecule has 1 nitrogen and oxygen atoms in total. The lowest BCUT2D eigenvalue weighted by atomic mass is 10.1. The van der Waals surface area contributed by atoms with E-state index in [1.165, 1.54) is 26.5 Å². The molecule has 17 heavy (non-hydrogen) atoms. The predicted octanol–water partition coefficient (Wildman–Crippen LogP) is 4.35. The molecule has 0 atom stereocenters. The van der Waals surface area contributed by atoms with Crippen molar-refractivity contribution in [2.24, 2.45) is 0 Å². The summed E-state index contributed by atoms with van der Waals surface area (Å²) in [5.41, 5.74) is 10.5. The molecular formula is C15H17NS. The van der Waals surface area contributed by atoms with Gasteiger partial charge in [-0.05, 0) is 67.8 Å². The van der Waals surface area contributed by atoms with Crippen molar-refractivity contribution in [2.45, 2.75) is 30.6 Å². The van der Waals surface area contributed by atoms with Crippen molar-refractivity contribution >= 4 is 17.4 Å². The summed E-state index contributed by atoms with van der Waals surface area (Å²) >= 11 is 1.79. The van der Waals surface area contributed by atoms with Crippen molar-refractivity contribution in [3.8, 4) is 0 Å². The number of nitrogens with two attached hydrogens (primary N) is 1. The van der Waals surface area contributed by atoms with E-state index in [-0.39, 0.29) is 0 Å². The van der Waals surface area contributed by atoms with Crippen molar-refractivity contribution in [2.75, 3.05) is 5.73 Å². The Morgan fingerprint density at radius 1 is 0.824 bits per heavy atom. The lowest BCUT2D eigenvalue weighted by Crippen LogP contribution is -1.87. The van der Waals surface area contributed by atoms with Crippen LogP contribution in [-0.2, 0) is 0 Å². The maximum Gasteiger partial charge on any atom is 0.0317 e. The van der Waals surface area contributed by atoms with Crippen LogP contribution in [0.5, 0.6) is 0 Å². The molecule has 0 saturated heterocycles. The summed E-state index contributed by atoms with van der Waals surface area (Å²) in [6.07, 6.45) is 0. The first-order valence-electron chi connectivity index (χ1n) is 5.67. The lowest BCUT2D eigenvalue weighted by molar-refractivity contribution is 1.26. The molecule has 0 aliphatic carbocycles. The van der Waals surface area contributed by atoms with E-state index in [0.29, 0.717) is 0 Å². The highest BCUT2D eigenvalue weighted by molar-refractivity contribution is 7.99. The molecule has 0 aromatic heterocycles. The van der Waals surface area contributed by atoms with Crippen LogP contribution in [0, 0.1) is 20.8 Å². The molecule has 0 unspecified atom stereocenters. The fraction of sp³-hybridized carbons (Fsp3) is 0.200. The molecule has 88 valence electrons. The summed E-state index contributed by atoms with van der Waals surface area (Å²) in [5.74, 6) is 0. The Balaban J connectivity index is 2.28. The zero-order valence-electron chi connectivity index (χ0n) is 10.4. The second-order valence-corrected chi connectivity index (χ2v) is 5.49. The molecule has 0 aliphatic rings. The Bertz CT molecular complexity index is 547. The third-order valence-electron chi connectivity index (χ3n) is 2.91. The van der Waals surface area contributed by atoms with Crippen LogP contribution in [0.4, 0.5) is 5.69 Å². The molecule has 0 fully saturated rings. The second kappa shape index (κ2) is 4.84. The van der Waals surface area contributed by atoms with E-state index in [4.69, 9.17) is 5.73 Å². The Morgan fingerprint density at radius 3 is 2.24 bits per heavy atom. The molecule has 0 bridgehead atoms. The average molecular weight is 243 g/mol. The van der Waals surface area contributed by atoms with E-state index in [9.17, 15) is 0 Å². The Labute approximate surface area is 107 Å². The summed E-state index contributed by atoms with van der Waals surface area (Å²) in [5, 5.41) is 0. The van der Waals surface area contributed by atoms with Crippen molar-refractivity contribution < 1.29 is 0 Å². The van der Waals surface area contributed by atoms with Gasteiger partial charge in [-0.3, -0.25) is 0 Å². The Morgan fingerprint density at radius 2 is 1.59 bits per heavy atom. The van der Waals surface area contributed by atoms with Crippen LogP contribution in [-0.4, -0.2) is 0 Å². The van der Waals surface area contributed by atoms with Crippen molar-refractivity contribution in [3.05, 3.63) is 53.1 Å². The van der Waals surface area contributed by atoms with E-state index >= 15 is 0 Å². The molecule has 0 spiro atoms. The van der Waals surface area contributed by atoms with Crippen LogP contribution in [0.1, 0.15) is 16.7 Å². The van der Waals surface area contributed by atoms with E-state index < -0.39 is 0 Å². The number of rotatable bonds is 2. The fourth-order valence-electron chi connectivity index (χ4n) is 1.69. The molecule has 2 N–H and O–H groups in total. The molecule has 0 radical (unpaired) electrons. The summed E-state index contributed by atoms with van der Waals surface area (Å²) in [4.78, 5) is 2.54. The molecule has 0 aliphatic heterocycles. The van der Waals surface area contributed by atoms with Crippen LogP contribution < -0.4 is 5.73 Å². The van der Waals surface area contributed by atoms with Crippen molar-refractivity contribution in [1.29, 1.82) is 0 Å². The molecule has 2 aromatic carbocycles. The van der Waals surface area contributed by atoms with Gasteiger partial charge >= 0.3 is 0 Å². The summed E-state index contributed by atoms with van der Waals surface area (Å²) < 4.78 is 0. The SMILES string of the molecule is Cc1ccc(Sc2ccc(N)cc2C)cc1C. The van der Waals surface area contributed by atoms with Crippen LogP contribution in [0.15, 0.2) is 46.2 Å². The van der Waals surface area contributed by atoms with Crippen LogP contribution in [0.3, 0.4) is 0 Å². The first-order chi connectivity index (χ1) is 8.06. The fourth-order valence-corrected chi connectivity index (χ4v) is 2.67. The van der Waals surface area contributed by atoms with E-state index in [2.05, 4.69) is 45.0 Å². The minimum Gasteiger partial charge on any atom is -0.399 e. The van der Waals surface area contributed by atoms with Crippen LogP contribution in [0.2, 0.25) is 0 Å². The molecular weight excluding hydrogens is 226 g/mol. The summed E-state index contributed by atoms with van der Waals surface area (Å²) in [6, 6.07) is 12.6. The smallest absolute Gasteiger partial charge is 0.0317 e. The van der Waals surface area contributed by atoms with Crippen molar-refractivity contribution in [1.82, 2.24) is 0 Å². The van der Waals surface area contributed by atoms with Gasteiger partial charge in [-0.25, -0.2) is 0 Å². The van der Waals surface area contributed by atoms with Gasteiger partial charge in [0.2, 0.25) is 0 Å². The minimum atomic E-state index is 0.826. The topological polar surface area (TPSA) is 26.0 Å². The van der Waals surface area contributed by atoms with Crippen LogP contribution >= 0.6 is 11.8 Å². The van der Waals surface area contributed by atoms with Gasteiger partial charge in [0.1, 0.15) is 0 Å². The molecule has 2 heteroatoms. The Hall–Kier alpha value is -1.41. The van der Waals surface area contributed by atoms with E-state index in [0.717, 1.165) is 5.69 Å². The van der Waals surface area contributed by atoms with Gasteiger partial charge in [-0.1, -0.05) is 17.8 Å². The highest BCUT2D eigenvalue weighted by atomic mass is 32.2. The number of hydrogen-bond acceptors (Lipinski definition) is 2. The van der Waals surface area contributed by atoms with Gasteiger partial charge in [-0.2, -0.15) is 0 Å². The quantitative estimate of drug-likeness (QED) is 0.794. The predicted molar refractivity (Wildman–Crippen MR) is 75.6 cm³/mol. The maximum absolute atomic E-state index is 5.76. The monoisotopic (exact) mass is 243 g/mol. The van der Waals surface area contributed by atoms with Gasteiger partial charge < -0.3 is 5.73 Å². The number of nitrogen functional groups attached to an aromatic ring is 1. The number of benzene rings is 2. The van der Waals surface area contributed by atoms with E-state index in [1.807, 2.05) is 12.1 Å². The standard InChI is InChI=1S/C15H17NS/c1-10-4-6-14(9-11(10)2)17-15-7-5-13(16)8-12(15)3/h4-9H,16H2,1-3H3. The van der Waals surface area contributed by atoms with Gasteiger partial charge in [0.05, 0.1) is 0 Å². The highest BCUT2D eigenvalue weighted by Crippen LogP contribution is 2.32. The van der Waals surface area contributed by atoms with Gasteiger partial charge in [-0.15, -0.1) is 0 Å². The largest absolute Gasteiger partial charge is 0.399 e. The number of hydrogen-bond donors (Lipinski definition) is 1. The van der Waals surface area contributed by atoms with Gasteiger partial charge in [0.15, 0.2) is 0 Å².